The fourth-order valence-corrected chi connectivity index (χ4v) is 1.49. The highest BCUT2D eigenvalue weighted by Crippen LogP contribution is 1.92. The van der Waals surface area contributed by atoms with Crippen LogP contribution >= 0.6 is 0 Å². The van der Waals surface area contributed by atoms with Gasteiger partial charge in [-0.25, -0.2) is 0 Å². The average Bonchev–Trinajstić information content (AvgIpc) is 2.33. The standard InChI is InChI=1S/C11H22N2O3/c1-2-5-15-6-3-11(14)13-8-10-9-16-7-4-12-10/h10,12H,2-9H2,1H3,(H,13,14). The smallest absolute Gasteiger partial charge is 0.222 e. The molecule has 2 N–H and O–H groups in total. The first kappa shape index (κ1) is 13.4. The van der Waals surface area contributed by atoms with Gasteiger partial charge in [0.15, 0.2) is 0 Å². The molecule has 0 aromatic rings. The zero-order chi connectivity index (χ0) is 11.6. The number of hydrogen-bond donors (Lipinski definition) is 2. The maximum atomic E-state index is 11.4. The van der Waals surface area contributed by atoms with Gasteiger partial charge in [-0.1, -0.05) is 6.92 Å². The molecule has 5 heteroatoms. The van der Waals surface area contributed by atoms with Crippen molar-refractivity contribution in [1.29, 1.82) is 0 Å². The van der Waals surface area contributed by atoms with Gasteiger partial charge in [-0.05, 0) is 6.42 Å². The Morgan fingerprint density at radius 3 is 3.12 bits per heavy atom. The first-order valence-corrected chi connectivity index (χ1v) is 5.98. The number of carbonyl (C=O) groups is 1. The second kappa shape index (κ2) is 8.50. The van der Waals surface area contributed by atoms with Crippen LogP contribution in [0.5, 0.6) is 0 Å². The molecule has 5 nitrogen and oxygen atoms in total. The van der Waals surface area contributed by atoms with Gasteiger partial charge in [0.2, 0.25) is 5.91 Å². The summed E-state index contributed by atoms with van der Waals surface area (Å²) in [7, 11) is 0. The van der Waals surface area contributed by atoms with Crippen molar-refractivity contribution in [2.75, 3.05) is 39.5 Å². The van der Waals surface area contributed by atoms with Gasteiger partial charge in [0.25, 0.3) is 0 Å². The Hall–Kier alpha value is -0.650. The quantitative estimate of drug-likeness (QED) is 0.600. The molecule has 0 radical (unpaired) electrons. The highest BCUT2D eigenvalue weighted by Gasteiger charge is 2.13. The predicted octanol–water partition coefficient (Wildman–Crippen LogP) is -0.0923. The first-order valence-electron chi connectivity index (χ1n) is 5.98. The van der Waals surface area contributed by atoms with Crippen molar-refractivity contribution in [3.63, 3.8) is 0 Å². The Morgan fingerprint density at radius 1 is 1.56 bits per heavy atom. The minimum atomic E-state index is 0.0449. The molecule has 0 aliphatic carbocycles. The van der Waals surface area contributed by atoms with Gasteiger partial charge < -0.3 is 20.1 Å². The molecule has 0 spiro atoms. The summed E-state index contributed by atoms with van der Waals surface area (Å²) in [4.78, 5) is 11.4. The molecule has 16 heavy (non-hydrogen) atoms. The third-order valence-corrected chi connectivity index (χ3v) is 2.37. The van der Waals surface area contributed by atoms with Crippen LogP contribution < -0.4 is 10.6 Å². The van der Waals surface area contributed by atoms with E-state index in [1.807, 2.05) is 0 Å². The fraction of sp³-hybridized carbons (Fsp3) is 0.909. The second-order valence-electron chi connectivity index (χ2n) is 3.89. The van der Waals surface area contributed by atoms with E-state index in [-0.39, 0.29) is 11.9 Å². The van der Waals surface area contributed by atoms with E-state index < -0.39 is 0 Å². The molecule has 1 unspecified atom stereocenters. The lowest BCUT2D eigenvalue weighted by Gasteiger charge is -2.23. The zero-order valence-corrected chi connectivity index (χ0v) is 9.96. The van der Waals surface area contributed by atoms with Gasteiger partial charge in [0.05, 0.1) is 19.8 Å². The molecule has 94 valence electrons. The van der Waals surface area contributed by atoms with Crippen molar-refractivity contribution >= 4 is 5.91 Å². The van der Waals surface area contributed by atoms with Crippen molar-refractivity contribution < 1.29 is 14.3 Å². The van der Waals surface area contributed by atoms with E-state index in [9.17, 15) is 4.79 Å². The van der Waals surface area contributed by atoms with E-state index in [1.54, 1.807) is 0 Å². The van der Waals surface area contributed by atoms with Crippen molar-refractivity contribution in [2.24, 2.45) is 0 Å². The second-order valence-corrected chi connectivity index (χ2v) is 3.89. The number of morpholine rings is 1. The summed E-state index contributed by atoms with van der Waals surface area (Å²) in [6.45, 7) is 6.21. The third kappa shape index (κ3) is 6.05. The molecule has 0 aromatic carbocycles. The summed E-state index contributed by atoms with van der Waals surface area (Å²) >= 11 is 0. The Bertz CT molecular complexity index is 194. The van der Waals surface area contributed by atoms with Gasteiger partial charge in [-0.3, -0.25) is 4.79 Å². The van der Waals surface area contributed by atoms with E-state index in [4.69, 9.17) is 9.47 Å². The third-order valence-electron chi connectivity index (χ3n) is 2.37. The number of ether oxygens (including phenoxy) is 2. The van der Waals surface area contributed by atoms with Crippen LogP contribution in [-0.4, -0.2) is 51.5 Å². The minimum absolute atomic E-state index is 0.0449. The Balaban J connectivity index is 1.96. The lowest BCUT2D eigenvalue weighted by Crippen LogP contribution is -2.48. The lowest BCUT2D eigenvalue weighted by atomic mass is 10.2. The first-order chi connectivity index (χ1) is 7.83. The van der Waals surface area contributed by atoms with Crippen molar-refractivity contribution in [2.45, 2.75) is 25.8 Å². The number of rotatable bonds is 7. The average molecular weight is 230 g/mol. The molecule has 1 atom stereocenters. The Labute approximate surface area is 96.9 Å². The maximum absolute atomic E-state index is 11.4. The lowest BCUT2D eigenvalue weighted by molar-refractivity contribution is -0.122. The van der Waals surface area contributed by atoms with Crippen LogP contribution in [0, 0.1) is 0 Å². The van der Waals surface area contributed by atoms with Crippen molar-refractivity contribution in [3.05, 3.63) is 0 Å². The summed E-state index contributed by atoms with van der Waals surface area (Å²) < 4.78 is 10.5. The number of carbonyl (C=O) groups excluding carboxylic acids is 1. The largest absolute Gasteiger partial charge is 0.381 e. The molecule has 1 rings (SSSR count). The van der Waals surface area contributed by atoms with Crippen LogP contribution in [0.3, 0.4) is 0 Å². The molecule has 1 saturated heterocycles. The zero-order valence-electron chi connectivity index (χ0n) is 9.96. The normalized spacial score (nSPS) is 20.7. The summed E-state index contributed by atoms with van der Waals surface area (Å²) in [6, 6.07) is 0.245. The van der Waals surface area contributed by atoms with E-state index in [0.717, 1.165) is 26.2 Å². The van der Waals surface area contributed by atoms with Gasteiger partial charge in [-0.15, -0.1) is 0 Å². The molecule has 0 bridgehead atoms. The SMILES string of the molecule is CCCOCCC(=O)NCC1COCCN1. The molecular weight excluding hydrogens is 208 g/mol. The fourth-order valence-electron chi connectivity index (χ4n) is 1.49. The molecule has 1 aliphatic rings. The number of hydrogen-bond acceptors (Lipinski definition) is 4. The number of amides is 1. The van der Waals surface area contributed by atoms with Gasteiger partial charge in [0.1, 0.15) is 0 Å². The molecule has 1 amide bonds. The van der Waals surface area contributed by atoms with E-state index in [0.29, 0.717) is 26.2 Å². The van der Waals surface area contributed by atoms with Gasteiger partial charge >= 0.3 is 0 Å². The van der Waals surface area contributed by atoms with Crippen LogP contribution in [0.2, 0.25) is 0 Å². The monoisotopic (exact) mass is 230 g/mol. The van der Waals surface area contributed by atoms with Crippen LogP contribution in [0.4, 0.5) is 0 Å². The number of nitrogens with one attached hydrogen (secondary N) is 2. The van der Waals surface area contributed by atoms with Crippen molar-refractivity contribution in [3.8, 4) is 0 Å². The molecule has 1 fully saturated rings. The van der Waals surface area contributed by atoms with E-state index in [1.165, 1.54) is 0 Å². The van der Waals surface area contributed by atoms with Crippen LogP contribution in [0.1, 0.15) is 19.8 Å². The van der Waals surface area contributed by atoms with Crippen molar-refractivity contribution in [1.82, 2.24) is 10.6 Å². The highest BCUT2D eigenvalue weighted by molar-refractivity contribution is 5.75. The maximum Gasteiger partial charge on any atom is 0.222 e. The summed E-state index contributed by atoms with van der Waals surface area (Å²) in [5.74, 6) is 0.0449. The Morgan fingerprint density at radius 2 is 2.44 bits per heavy atom. The van der Waals surface area contributed by atoms with Crippen LogP contribution in [-0.2, 0) is 14.3 Å². The van der Waals surface area contributed by atoms with Crippen LogP contribution in [0.15, 0.2) is 0 Å². The highest BCUT2D eigenvalue weighted by atomic mass is 16.5. The molecular formula is C11H22N2O3. The van der Waals surface area contributed by atoms with Gasteiger partial charge in [-0.2, -0.15) is 0 Å². The topological polar surface area (TPSA) is 59.6 Å². The molecule has 0 saturated carbocycles. The summed E-state index contributed by atoms with van der Waals surface area (Å²) in [5, 5.41) is 6.15. The van der Waals surface area contributed by atoms with Crippen LogP contribution in [0.25, 0.3) is 0 Å². The van der Waals surface area contributed by atoms with Gasteiger partial charge in [0, 0.05) is 32.2 Å². The summed E-state index contributed by atoms with van der Waals surface area (Å²) in [6.07, 6.45) is 1.43. The van der Waals surface area contributed by atoms with E-state index >= 15 is 0 Å². The minimum Gasteiger partial charge on any atom is -0.381 e. The molecule has 0 aromatic heterocycles. The predicted molar refractivity (Wildman–Crippen MR) is 61.3 cm³/mol. The Kier molecular flexibility index (Phi) is 7.12. The molecule has 1 aliphatic heterocycles. The molecule has 1 heterocycles. The van der Waals surface area contributed by atoms with E-state index in [2.05, 4.69) is 17.6 Å². The summed E-state index contributed by atoms with van der Waals surface area (Å²) in [5.41, 5.74) is 0.